The fourth-order valence-electron chi connectivity index (χ4n) is 13.4. The number of rotatable bonds is 5. The van der Waals surface area contributed by atoms with E-state index in [1.54, 1.807) is 0 Å². The summed E-state index contributed by atoms with van der Waals surface area (Å²) in [7, 11) is 0. The number of nitrogens with zero attached hydrogens (tertiary/aromatic N) is 1. The average Bonchev–Trinajstić information content (AvgIpc) is 4.05. The molecule has 0 saturated heterocycles. The van der Waals surface area contributed by atoms with Gasteiger partial charge >= 0.3 is 0 Å². The van der Waals surface area contributed by atoms with Gasteiger partial charge in [-0.3, -0.25) is 0 Å². The van der Waals surface area contributed by atoms with Crippen LogP contribution < -0.4 is 9.64 Å². The summed E-state index contributed by atoms with van der Waals surface area (Å²) in [6.45, 7) is 0. The van der Waals surface area contributed by atoms with Crippen molar-refractivity contribution < 1.29 is 4.74 Å². The molecule has 75 heavy (non-hydrogen) atoms. The second kappa shape index (κ2) is 16.2. The molecule has 2 aliphatic carbocycles. The largest absolute Gasteiger partial charge is 0.457 e. The van der Waals surface area contributed by atoms with Crippen LogP contribution in [0.1, 0.15) is 44.5 Å². The van der Waals surface area contributed by atoms with Crippen LogP contribution >= 0.6 is 11.8 Å². The number of ether oxygens (including phenoxy) is 1. The summed E-state index contributed by atoms with van der Waals surface area (Å²) >= 11 is 1.89. The van der Waals surface area contributed by atoms with Crippen LogP contribution in [0, 0.1) is 0 Å². The molecule has 0 radical (unpaired) electrons. The van der Waals surface area contributed by atoms with E-state index in [0.29, 0.717) is 0 Å². The summed E-state index contributed by atoms with van der Waals surface area (Å²) in [6.07, 6.45) is 0. The van der Waals surface area contributed by atoms with Crippen LogP contribution in [0.3, 0.4) is 0 Å². The van der Waals surface area contributed by atoms with Crippen molar-refractivity contribution >= 4 is 39.6 Å². The highest BCUT2D eigenvalue weighted by Crippen LogP contribution is 2.65. The Kier molecular flexibility index (Phi) is 9.14. The van der Waals surface area contributed by atoms with Crippen LogP contribution in [0.25, 0.3) is 55.3 Å². The third-order valence-electron chi connectivity index (χ3n) is 16.6. The molecule has 2 nitrogen and oxygen atoms in total. The maximum absolute atomic E-state index is 6.77. The summed E-state index contributed by atoms with van der Waals surface area (Å²) in [5, 5.41) is 2.49. The lowest BCUT2D eigenvalue weighted by Gasteiger charge is -2.40. The number of hydrogen-bond donors (Lipinski definition) is 0. The van der Waals surface area contributed by atoms with E-state index in [2.05, 4.69) is 278 Å². The fraction of sp³-hybridized carbons (Fsp3) is 0.0278. The standard InChI is InChI=1S/C72H45NOS/c1-2-16-46(17-3-1)47-30-32-48(33-31-47)49-34-36-52(37-35-49)73(53-38-40-56-55-20-6-7-21-59(55)71(65(56)44-53)60-22-8-12-26-67(60)74-68-27-13-9-23-61(68)71)54-39-41-57-58-42-50-18-4-5-19-51(50)43-64(58)72(66(57)45-54)62-24-10-14-28-69(62)75-70-29-15-11-25-63(70)72/h1-45H. The van der Waals surface area contributed by atoms with Gasteiger partial charge in [-0.2, -0.15) is 0 Å². The smallest absolute Gasteiger partial charge is 0.132 e. The minimum Gasteiger partial charge on any atom is -0.457 e. The lowest BCUT2D eigenvalue weighted by Crippen LogP contribution is -2.32. The van der Waals surface area contributed by atoms with Crippen molar-refractivity contribution in [2.24, 2.45) is 0 Å². The first kappa shape index (κ1) is 42.4. The van der Waals surface area contributed by atoms with E-state index in [4.69, 9.17) is 4.74 Å². The molecule has 0 bridgehead atoms. The van der Waals surface area contributed by atoms with Crippen LogP contribution in [0.15, 0.2) is 283 Å². The predicted octanol–water partition coefficient (Wildman–Crippen LogP) is 18.9. The third kappa shape index (κ3) is 5.99. The molecular formula is C72H45NOS. The van der Waals surface area contributed by atoms with E-state index in [0.717, 1.165) is 39.7 Å². The Balaban J connectivity index is 0.942. The third-order valence-corrected chi connectivity index (χ3v) is 17.7. The summed E-state index contributed by atoms with van der Waals surface area (Å²) in [5.41, 5.74) is 22.0. The van der Waals surface area contributed by atoms with Crippen molar-refractivity contribution in [1.82, 2.24) is 0 Å². The first-order valence-electron chi connectivity index (χ1n) is 25.9. The van der Waals surface area contributed by atoms with Gasteiger partial charge in [0.15, 0.2) is 0 Å². The molecule has 0 amide bonds. The van der Waals surface area contributed by atoms with Crippen LogP contribution in [-0.2, 0) is 10.8 Å². The summed E-state index contributed by atoms with van der Waals surface area (Å²) < 4.78 is 6.77. The molecule has 4 aliphatic rings. The molecule has 0 aromatic heterocycles. The van der Waals surface area contributed by atoms with Gasteiger partial charge in [0.2, 0.25) is 0 Å². The van der Waals surface area contributed by atoms with Crippen molar-refractivity contribution in [3.8, 4) is 56.0 Å². The van der Waals surface area contributed by atoms with Gasteiger partial charge in [-0.25, -0.2) is 0 Å². The SMILES string of the molecule is c1ccc(-c2ccc(-c3ccc(N(c4ccc5c(c4)C4(c6ccccc6Oc6ccccc64)c4ccccc4-5)c4ccc5c(c4)C4(c6ccccc6Sc6ccccc64)c4cc6ccccc6cc4-5)cc3)cc2)cc1. The van der Waals surface area contributed by atoms with E-state index in [1.807, 2.05) is 11.8 Å². The number of fused-ring (bicyclic) bond motifs is 19. The minimum atomic E-state index is -0.617. The first-order valence-corrected chi connectivity index (χ1v) is 26.7. The maximum Gasteiger partial charge on any atom is 0.132 e. The molecule has 2 aliphatic heterocycles. The molecular weight excluding hydrogens is 927 g/mol. The van der Waals surface area contributed by atoms with Crippen LogP contribution in [0.5, 0.6) is 11.5 Å². The second-order valence-electron chi connectivity index (χ2n) is 20.3. The molecule has 0 fully saturated rings. The number of benzene rings is 12. The van der Waals surface area contributed by atoms with Crippen molar-refractivity contribution in [2.45, 2.75) is 20.6 Å². The molecule has 12 aromatic carbocycles. The van der Waals surface area contributed by atoms with Crippen molar-refractivity contribution in [1.29, 1.82) is 0 Å². The predicted molar refractivity (Wildman–Crippen MR) is 308 cm³/mol. The Hall–Kier alpha value is -9.15. The zero-order valence-electron chi connectivity index (χ0n) is 40.7. The summed E-state index contributed by atoms with van der Waals surface area (Å²) in [5.74, 6) is 1.77. The van der Waals surface area contributed by atoms with E-state index in [-0.39, 0.29) is 0 Å². The molecule has 2 heterocycles. The Morgan fingerprint density at radius 1 is 0.267 bits per heavy atom. The lowest BCUT2D eigenvalue weighted by molar-refractivity contribution is 0.436. The van der Waals surface area contributed by atoms with Crippen molar-refractivity contribution in [3.05, 3.63) is 317 Å². The topological polar surface area (TPSA) is 12.5 Å². The molecule has 0 saturated carbocycles. The van der Waals surface area contributed by atoms with Gasteiger partial charge in [0.1, 0.15) is 11.5 Å². The lowest BCUT2D eigenvalue weighted by atomic mass is 9.66. The highest BCUT2D eigenvalue weighted by Gasteiger charge is 2.53. The van der Waals surface area contributed by atoms with E-state index >= 15 is 0 Å². The van der Waals surface area contributed by atoms with Gasteiger partial charge in [0, 0.05) is 38.0 Å². The Morgan fingerprint density at radius 2 is 0.667 bits per heavy atom. The zero-order valence-corrected chi connectivity index (χ0v) is 41.6. The zero-order chi connectivity index (χ0) is 49.2. The maximum atomic E-state index is 6.77. The van der Waals surface area contributed by atoms with E-state index in [1.165, 1.54) is 98.5 Å². The summed E-state index contributed by atoms with van der Waals surface area (Å²) in [4.78, 5) is 5.08. The van der Waals surface area contributed by atoms with Crippen LogP contribution in [-0.4, -0.2) is 0 Å². The number of para-hydroxylation sites is 2. The molecule has 350 valence electrons. The van der Waals surface area contributed by atoms with Gasteiger partial charge in [0.25, 0.3) is 0 Å². The Morgan fingerprint density at radius 3 is 1.27 bits per heavy atom. The quantitative estimate of drug-likeness (QED) is 0.171. The Bertz CT molecular complexity index is 4220. The van der Waals surface area contributed by atoms with Crippen LogP contribution in [0.2, 0.25) is 0 Å². The molecule has 2 spiro atoms. The molecule has 0 atom stereocenters. The van der Waals surface area contributed by atoms with Crippen molar-refractivity contribution in [2.75, 3.05) is 4.90 Å². The van der Waals surface area contributed by atoms with Gasteiger partial charge < -0.3 is 9.64 Å². The molecule has 16 rings (SSSR count). The van der Waals surface area contributed by atoms with Crippen LogP contribution in [0.4, 0.5) is 17.1 Å². The van der Waals surface area contributed by atoms with Gasteiger partial charge in [-0.15, -0.1) is 0 Å². The Labute approximate surface area is 440 Å². The highest BCUT2D eigenvalue weighted by molar-refractivity contribution is 7.99. The molecule has 3 heteroatoms. The monoisotopic (exact) mass is 971 g/mol. The minimum absolute atomic E-state index is 0.566. The van der Waals surface area contributed by atoms with Gasteiger partial charge in [-0.1, -0.05) is 212 Å². The normalized spacial score (nSPS) is 14.1. The van der Waals surface area contributed by atoms with Gasteiger partial charge in [0.05, 0.1) is 10.8 Å². The fourth-order valence-corrected chi connectivity index (χ4v) is 14.6. The second-order valence-corrected chi connectivity index (χ2v) is 21.3. The highest BCUT2D eigenvalue weighted by atomic mass is 32.2. The van der Waals surface area contributed by atoms with Gasteiger partial charge in [-0.05, 0) is 161 Å². The molecule has 0 N–H and O–H groups in total. The molecule has 12 aromatic rings. The average molecular weight is 972 g/mol. The summed E-state index contributed by atoms with van der Waals surface area (Å²) in [6, 6.07) is 102. The van der Waals surface area contributed by atoms with E-state index < -0.39 is 10.8 Å². The van der Waals surface area contributed by atoms with Crippen molar-refractivity contribution in [3.63, 3.8) is 0 Å². The number of hydrogen-bond acceptors (Lipinski definition) is 3. The first-order chi connectivity index (χ1) is 37.2. The molecule has 0 unspecified atom stereocenters. The number of anilines is 3. The van der Waals surface area contributed by atoms with E-state index in [9.17, 15) is 0 Å².